The van der Waals surface area contributed by atoms with Crippen LogP contribution >= 0.6 is 0 Å². The number of hydrogen-bond acceptors (Lipinski definition) is 7. The molecule has 0 radical (unpaired) electrons. The van der Waals surface area contributed by atoms with Crippen molar-refractivity contribution < 1.29 is 28.2 Å². The molecule has 4 rings (SSSR count). The molecule has 0 spiro atoms. The Balaban J connectivity index is 1.32. The van der Waals surface area contributed by atoms with Crippen molar-refractivity contribution in [3.8, 4) is 22.8 Å². The summed E-state index contributed by atoms with van der Waals surface area (Å²) in [6, 6.07) is 10.1. The van der Waals surface area contributed by atoms with Crippen molar-refractivity contribution in [3.05, 3.63) is 53.3 Å². The molecule has 3 aromatic rings. The maximum absolute atomic E-state index is 13.6. The molecule has 1 aliphatic carbocycles. The Morgan fingerprint density at radius 3 is 2.72 bits per heavy atom. The van der Waals surface area contributed by atoms with Gasteiger partial charge < -0.3 is 30.2 Å². The number of anilines is 2. The topological polar surface area (TPSA) is 127 Å². The first kappa shape index (κ1) is 24.8. The average molecular weight is 498 g/mol. The number of carbonyl (C=O) groups excluding carboxylic acids is 2. The van der Waals surface area contributed by atoms with Crippen LogP contribution in [0.15, 0.2) is 36.4 Å². The van der Waals surface area contributed by atoms with Crippen LogP contribution in [0.2, 0.25) is 0 Å². The minimum absolute atomic E-state index is 0.129. The fraction of sp³-hybridized carbons (Fsp3) is 0.320. The number of carbonyl (C=O) groups is 2. The van der Waals surface area contributed by atoms with E-state index in [2.05, 4.69) is 30.9 Å². The molecule has 36 heavy (non-hydrogen) atoms. The third-order valence-corrected chi connectivity index (χ3v) is 5.69. The number of H-pyrrole nitrogens is 1. The quantitative estimate of drug-likeness (QED) is 0.234. The summed E-state index contributed by atoms with van der Waals surface area (Å²) in [6.45, 7) is 0.943. The molecule has 0 aliphatic heterocycles. The Morgan fingerprint density at radius 2 is 1.94 bits per heavy atom. The van der Waals surface area contributed by atoms with Crippen LogP contribution < -0.4 is 25.4 Å². The lowest BCUT2D eigenvalue weighted by Crippen LogP contribution is -2.34. The van der Waals surface area contributed by atoms with Gasteiger partial charge in [0, 0.05) is 42.7 Å². The van der Waals surface area contributed by atoms with E-state index in [4.69, 9.17) is 9.47 Å². The SMILES string of the molecule is COC(=O)NCCNC(=O)CCCOc1cc2c(cc1OC)-c1[nH]nc(Nc3cccc(F)c3)c1C2. The second kappa shape index (κ2) is 11.4. The first-order chi connectivity index (χ1) is 17.5. The van der Waals surface area contributed by atoms with Crippen LogP contribution in [0.1, 0.15) is 24.0 Å². The summed E-state index contributed by atoms with van der Waals surface area (Å²) in [5.41, 5.74) is 4.49. The number of aromatic amines is 1. The Hall–Kier alpha value is -4.28. The molecular formula is C25H28FN5O5. The molecule has 4 N–H and O–H groups in total. The Morgan fingerprint density at radius 1 is 1.11 bits per heavy atom. The van der Waals surface area contributed by atoms with Crippen molar-refractivity contribution in [2.75, 3.05) is 39.2 Å². The van der Waals surface area contributed by atoms with E-state index in [1.807, 2.05) is 12.1 Å². The second-order valence-electron chi connectivity index (χ2n) is 8.12. The summed E-state index contributed by atoms with van der Waals surface area (Å²) in [7, 11) is 2.85. The Bertz CT molecular complexity index is 1250. The summed E-state index contributed by atoms with van der Waals surface area (Å²) in [5.74, 6) is 1.36. The highest BCUT2D eigenvalue weighted by atomic mass is 19.1. The molecule has 11 heteroatoms. The van der Waals surface area contributed by atoms with E-state index in [9.17, 15) is 14.0 Å². The maximum atomic E-state index is 13.6. The molecule has 0 fully saturated rings. The standard InChI is InChI=1S/C25H28FN5O5/c1-34-20-14-18-15(11-19-23(18)30-31-24(19)29-17-6-3-5-16(26)13-17)12-21(20)36-10-4-7-22(32)27-8-9-28-25(33)35-2/h3,5-6,12-14H,4,7-11H2,1-2H3,(H,27,32)(H,28,33)(H2,29,30,31). The van der Waals surface area contributed by atoms with Gasteiger partial charge in [0.25, 0.3) is 0 Å². The van der Waals surface area contributed by atoms with Crippen molar-refractivity contribution in [1.29, 1.82) is 0 Å². The number of rotatable bonds is 11. The van der Waals surface area contributed by atoms with Gasteiger partial charge in [-0.15, -0.1) is 0 Å². The van der Waals surface area contributed by atoms with Crippen molar-refractivity contribution in [2.24, 2.45) is 0 Å². The average Bonchev–Trinajstić information content (AvgIpc) is 3.42. The number of alkyl carbamates (subject to hydrolysis) is 1. The van der Waals surface area contributed by atoms with E-state index in [0.29, 0.717) is 49.0 Å². The summed E-state index contributed by atoms with van der Waals surface area (Å²) >= 11 is 0. The van der Waals surface area contributed by atoms with E-state index in [-0.39, 0.29) is 24.7 Å². The predicted molar refractivity (Wildman–Crippen MR) is 131 cm³/mol. The van der Waals surface area contributed by atoms with Gasteiger partial charge in [0.1, 0.15) is 5.82 Å². The van der Waals surface area contributed by atoms with Gasteiger partial charge in [-0.25, -0.2) is 9.18 Å². The van der Waals surface area contributed by atoms with Gasteiger partial charge in [-0.2, -0.15) is 5.10 Å². The van der Waals surface area contributed by atoms with Crippen LogP contribution in [0, 0.1) is 5.82 Å². The van der Waals surface area contributed by atoms with E-state index >= 15 is 0 Å². The molecule has 1 aliphatic rings. The summed E-state index contributed by atoms with van der Waals surface area (Å²) in [6.07, 6.45) is 0.891. The molecule has 0 atom stereocenters. The lowest BCUT2D eigenvalue weighted by atomic mass is 10.1. The number of hydrogen-bond donors (Lipinski definition) is 4. The number of methoxy groups -OCH3 is 2. The first-order valence-corrected chi connectivity index (χ1v) is 11.5. The monoisotopic (exact) mass is 497 g/mol. The van der Waals surface area contributed by atoms with Crippen molar-refractivity contribution >= 4 is 23.5 Å². The number of aromatic nitrogens is 2. The van der Waals surface area contributed by atoms with Gasteiger partial charge >= 0.3 is 6.09 Å². The Labute approximate surface area is 207 Å². The number of nitrogens with zero attached hydrogens (tertiary/aromatic N) is 1. The number of nitrogens with one attached hydrogen (secondary N) is 4. The zero-order chi connectivity index (χ0) is 25.5. The zero-order valence-corrected chi connectivity index (χ0v) is 20.1. The summed E-state index contributed by atoms with van der Waals surface area (Å²) < 4.78 is 29.5. The number of amides is 2. The minimum Gasteiger partial charge on any atom is -0.493 e. The van der Waals surface area contributed by atoms with Gasteiger partial charge in [-0.3, -0.25) is 9.89 Å². The normalized spacial score (nSPS) is 11.3. The van der Waals surface area contributed by atoms with Gasteiger partial charge in [-0.1, -0.05) is 6.07 Å². The van der Waals surface area contributed by atoms with Crippen molar-refractivity contribution in [1.82, 2.24) is 20.8 Å². The fourth-order valence-corrected chi connectivity index (χ4v) is 3.95. The van der Waals surface area contributed by atoms with Gasteiger partial charge in [0.2, 0.25) is 5.91 Å². The van der Waals surface area contributed by atoms with Crippen molar-refractivity contribution in [2.45, 2.75) is 19.3 Å². The molecule has 1 aromatic heterocycles. The molecule has 190 valence electrons. The van der Waals surface area contributed by atoms with Crippen LogP contribution in [-0.2, 0) is 16.0 Å². The van der Waals surface area contributed by atoms with Gasteiger partial charge in [0.05, 0.1) is 26.5 Å². The third kappa shape index (κ3) is 5.85. The number of halogens is 1. The van der Waals surface area contributed by atoms with E-state index in [1.165, 1.54) is 19.2 Å². The predicted octanol–water partition coefficient (Wildman–Crippen LogP) is 3.50. The minimum atomic E-state index is -0.538. The molecule has 0 saturated heterocycles. The number of ether oxygens (including phenoxy) is 3. The molecule has 0 bridgehead atoms. The Kier molecular flexibility index (Phi) is 7.89. The lowest BCUT2D eigenvalue weighted by molar-refractivity contribution is -0.121. The molecule has 2 aromatic carbocycles. The molecule has 0 unspecified atom stereocenters. The molecule has 0 saturated carbocycles. The second-order valence-corrected chi connectivity index (χ2v) is 8.12. The number of fused-ring (bicyclic) bond motifs is 3. The summed E-state index contributed by atoms with van der Waals surface area (Å²) in [5, 5.41) is 15.8. The van der Waals surface area contributed by atoms with E-state index in [1.54, 1.807) is 19.2 Å². The van der Waals surface area contributed by atoms with Crippen molar-refractivity contribution in [3.63, 3.8) is 0 Å². The fourth-order valence-electron chi connectivity index (χ4n) is 3.95. The van der Waals surface area contributed by atoms with Crippen LogP contribution in [0.4, 0.5) is 20.7 Å². The highest BCUT2D eigenvalue weighted by Crippen LogP contribution is 2.44. The highest BCUT2D eigenvalue weighted by Gasteiger charge is 2.27. The highest BCUT2D eigenvalue weighted by molar-refractivity contribution is 5.81. The van der Waals surface area contributed by atoms with Crippen LogP contribution in [0.3, 0.4) is 0 Å². The third-order valence-electron chi connectivity index (χ3n) is 5.69. The lowest BCUT2D eigenvalue weighted by Gasteiger charge is -2.13. The van der Waals surface area contributed by atoms with Gasteiger partial charge in [-0.05, 0) is 42.3 Å². The maximum Gasteiger partial charge on any atom is 0.406 e. The number of benzene rings is 2. The van der Waals surface area contributed by atoms with E-state index in [0.717, 1.165) is 22.4 Å². The van der Waals surface area contributed by atoms with Crippen LogP contribution in [-0.4, -0.2) is 56.1 Å². The molecular weight excluding hydrogens is 469 g/mol. The van der Waals surface area contributed by atoms with E-state index < -0.39 is 6.09 Å². The smallest absolute Gasteiger partial charge is 0.406 e. The van der Waals surface area contributed by atoms with Gasteiger partial charge in [0.15, 0.2) is 17.3 Å². The largest absolute Gasteiger partial charge is 0.493 e. The summed E-state index contributed by atoms with van der Waals surface area (Å²) in [4.78, 5) is 22.9. The molecule has 2 amide bonds. The van der Waals surface area contributed by atoms with Crippen LogP contribution in [0.25, 0.3) is 11.3 Å². The zero-order valence-electron chi connectivity index (χ0n) is 20.1. The van der Waals surface area contributed by atoms with Crippen LogP contribution in [0.5, 0.6) is 11.5 Å². The first-order valence-electron chi connectivity index (χ1n) is 11.5. The molecule has 10 nitrogen and oxygen atoms in total. The molecule has 1 heterocycles.